The first-order chi connectivity index (χ1) is 2.27. The molecular formula is C2H4DyO3. The zero-order chi connectivity index (χ0) is 4.28. The molecule has 0 fully saturated rings. The number of rotatable bonds is 1. The number of hydrogen-bond acceptors (Lipinski definition) is 2. The summed E-state index contributed by atoms with van der Waals surface area (Å²) in [5, 5.41) is 15.0. The third-order valence-electron chi connectivity index (χ3n) is 0.135. The van der Waals surface area contributed by atoms with Gasteiger partial charge in [0.1, 0.15) is 6.61 Å². The Balaban J connectivity index is 0. The van der Waals surface area contributed by atoms with Gasteiger partial charge < -0.3 is 10.2 Å². The molecule has 0 aliphatic rings. The van der Waals surface area contributed by atoms with Crippen molar-refractivity contribution < 1.29 is 53.2 Å². The molecule has 0 atom stereocenters. The maximum absolute atomic E-state index is 9.12. The number of carboxylic acids is 1. The Kier molecular flexibility index (Phi) is 9.37. The van der Waals surface area contributed by atoms with Crippen LogP contribution < -0.4 is 0 Å². The summed E-state index contributed by atoms with van der Waals surface area (Å²) in [6, 6.07) is 0. The molecule has 0 unspecified atom stereocenters. The molecule has 3 nitrogen and oxygen atoms in total. The van der Waals surface area contributed by atoms with Crippen LogP contribution in [0.25, 0.3) is 0 Å². The molecule has 0 heterocycles. The Morgan fingerprint density at radius 2 is 1.83 bits per heavy atom. The van der Waals surface area contributed by atoms with Crippen molar-refractivity contribution in [2.24, 2.45) is 0 Å². The molecule has 0 aromatic carbocycles. The maximum Gasteiger partial charge on any atom is 0.329 e. The van der Waals surface area contributed by atoms with Crippen molar-refractivity contribution in [3.05, 3.63) is 0 Å². The molecule has 0 rings (SSSR count). The second-order valence-electron chi connectivity index (χ2n) is 0.552. The number of aliphatic hydroxyl groups is 1. The molecular weight excluding hydrogens is 235 g/mol. The van der Waals surface area contributed by atoms with E-state index in [4.69, 9.17) is 15.0 Å². The SMILES string of the molecule is O=C(O)CO.[Dy]. The van der Waals surface area contributed by atoms with Gasteiger partial charge in [0.25, 0.3) is 0 Å². The normalized spacial score (nSPS) is 6.17. The molecule has 0 bridgehead atoms. The van der Waals surface area contributed by atoms with Crippen molar-refractivity contribution in [3.63, 3.8) is 0 Å². The number of carboxylic acid groups (broad SMARTS) is 1. The monoisotopic (exact) mass is 240 g/mol. The van der Waals surface area contributed by atoms with Crippen molar-refractivity contribution in [1.82, 2.24) is 0 Å². The van der Waals surface area contributed by atoms with Gasteiger partial charge in [-0.05, 0) is 0 Å². The molecule has 0 saturated heterocycles. The van der Waals surface area contributed by atoms with E-state index >= 15 is 0 Å². The first-order valence-electron chi connectivity index (χ1n) is 1.10. The van der Waals surface area contributed by atoms with Crippen LogP contribution in [0.1, 0.15) is 0 Å². The molecule has 0 aliphatic carbocycles. The van der Waals surface area contributed by atoms with Crippen molar-refractivity contribution >= 4 is 5.97 Å². The fourth-order valence-electron chi connectivity index (χ4n) is 0. The number of carbonyl (C=O) groups is 1. The Bertz CT molecular complexity index is 44.1. The summed E-state index contributed by atoms with van der Waals surface area (Å²) in [6.45, 7) is -0.778. The molecule has 0 spiro atoms. The summed E-state index contributed by atoms with van der Waals surface area (Å²) >= 11 is 0. The molecule has 0 amide bonds. The Hall–Kier alpha value is 0.703. The molecule has 0 saturated carbocycles. The van der Waals surface area contributed by atoms with Crippen LogP contribution in [0.2, 0.25) is 0 Å². The first kappa shape index (κ1) is 9.86. The van der Waals surface area contributed by atoms with Gasteiger partial charge in [-0.1, -0.05) is 0 Å². The fourth-order valence-corrected chi connectivity index (χ4v) is 0. The van der Waals surface area contributed by atoms with Gasteiger partial charge in [0.15, 0.2) is 0 Å². The zero-order valence-electron chi connectivity index (χ0n) is 2.83. The van der Waals surface area contributed by atoms with E-state index in [0.717, 1.165) is 0 Å². The second-order valence-corrected chi connectivity index (χ2v) is 0.552. The van der Waals surface area contributed by atoms with Gasteiger partial charge in [-0.3, -0.25) is 0 Å². The topological polar surface area (TPSA) is 57.5 Å². The van der Waals surface area contributed by atoms with Crippen molar-refractivity contribution in [1.29, 1.82) is 0 Å². The second kappa shape index (κ2) is 5.70. The van der Waals surface area contributed by atoms with Crippen LogP contribution in [-0.2, 0) is 4.79 Å². The Labute approximate surface area is 65.4 Å². The summed E-state index contributed by atoms with van der Waals surface area (Å²) in [5.41, 5.74) is 0. The van der Waals surface area contributed by atoms with Crippen LogP contribution in [0.15, 0.2) is 0 Å². The minimum absolute atomic E-state index is 0. The van der Waals surface area contributed by atoms with E-state index in [9.17, 15) is 0 Å². The third kappa shape index (κ3) is 8.83. The van der Waals surface area contributed by atoms with Gasteiger partial charge in [0.2, 0.25) is 0 Å². The number of aliphatic carboxylic acids is 1. The van der Waals surface area contributed by atoms with Gasteiger partial charge in [0, 0.05) is 38.2 Å². The van der Waals surface area contributed by atoms with E-state index in [0.29, 0.717) is 0 Å². The van der Waals surface area contributed by atoms with Crippen LogP contribution in [0, 0.1) is 38.2 Å². The van der Waals surface area contributed by atoms with Crippen molar-refractivity contribution in [3.8, 4) is 0 Å². The maximum atomic E-state index is 9.12. The molecule has 40 valence electrons. The van der Waals surface area contributed by atoms with Crippen LogP contribution >= 0.6 is 0 Å². The minimum atomic E-state index is -1.19. The van der Waals surface area contributed by atoms with E-state index in [1.807, 2.05) is 0 Å². The first-order valence-corrected chi connectivity index (χ1v) is 1.10. The average molecular weight is 239 g/mol. The predicted octanol–water partition coefficient (Wildman–Crippen LogP) is -0.937. The standard InChI is InChI=1S/C2H4O3.Dy/c3-1-2(4)5;/h3H,1H2,(H,4,5);. The van der Waals surface area contributed by atoms with Gasteiger partial charge in [-0.25, -0.2) is 4.79 Å². The van der Waals surface area contributed by atoms with Crippen molar-refractivity contribution in [2.75, 3.05) is 6.61 Å². The molecule has 2 N–H and O–H groups in total. The molecule has 4 heteroatoms. The van der Waals surface area contributed by atoms with Crippen molar-refractivity contribution in [2.45, 2.75) is 0 Å². The van der Waals surface area contributed by atoms with Crippen LogP contribution in [0.4, 0.5) is 0 Å². The van der Waals surface area contributed by atoms with Gasteiger partial charge in [-0.15, -0.1) is 0 Å². The average Bonchev–Trinajstić information content (AvgIpc) is 1.38. The molecule has 0 radical (unpaired) electrons. The van der Waals surface area contributed by atoms with E-state index < -0.39 is 12.6 Å². The third-order valence-corrected chi connectivity index (χ3v) is 0.135. The molecule has 6 heavy (non-hydrogen) atoms. The molecule has 0 aliphatic heterocycles. The van der Waals surface area contributed by atoms with Gasteiger partial charge >= 0.3 is 5.97 Å². The summed E-state index contributed by atoms with van der Waals surface area (Å²) in [7, 11) is 0. The number of hydrogen-bond donors (Lipinski definition) is 2. The quantitative estimate of drug-likeness (QED) is 0.620. The van der Waals surface area contributed by atoms with E-state index in [2.05, 4.69) is 0 Å². The zero-order valence-corrected chi connectivity index (χ0v) is 4.85. The van der Waals surface area contributed by atoms with Crippen LogP contribution in [0.5, 0.6) is 0 Å². The predicted molar refractivity (Wildman–Crippen MR) is 14.7 cm³/mol. The summed E-state index contributed by atoms with van der Waals surface area (Å²) in [6.07, 6.45) is 0. The molecule has 0 aromatic heterocycles. The Morgan fingerprint density at radius 1 is 1.67 bits per heavy atom. The minimum Gasteiger partial charge on any atom is -0.480 e. The number of aliphatic hydroxyl groups excluding tert-OH is 1. The summed E-state index contributed by atoms with van der Waals surface area (Å²) < 4.78 is 0. The van der Waals surface area contributed by atoms with E-state index in [-0.39, 0.29) is 38.2 Å². The fraction of sp³-hybridized carbons (Fsp3) is 0.500. The largest absolute Gasteiger partial charge is 0.480 e. The Morgan fingerprint density at radius 3 is 1.83 bits per heavy atom. The van der Waals surface area contributed by atoms with Gasteiger partial charge in [0.05, 0.1) is 0 Å². The summed E-state index contributed by atoms with van der Waals surface area (Å²) in [5.74, 6) is -1.19. The van der Waals surface area contributed by atoms with E-state index in [1.165, 1.54) is 0 Å². The van der Waals surface area contributed by atoms with Crippen LogP contribution in [-0.4, -0.2) is 22.8 Å². The van der Waals surface area contributed by atoms with Crippen LogP contribution in [0.3, 0.4) is 0 Å². The van der Waals surface area contributed by atoms with E-state index in [1.54, 1.807) is 0 Å². The summed E-state index contributed by atoms with van der Waals surface area (Å²) in [4.78, 5) is 9.12. The molecule has 0 aromatic rings. The smallest absolute Gasteiger partial charge is 0.329 e. The van der Waals surface area contributed by atoms with Gasteiger partial charge in [-0.2, -0.15) is 0 Å².